The highest BCUT2D eigenvalue weighted by Crippen LogP contribution is 2.36. The van der Waals surface area contributed by atoms with E-state index < -0.39 is 6.43 Å². The molecular weight excluding hydrogens is 226 g/mol. The van der Waals surface area contributed by atoms with E-state index in [1.807, 2.05) is 0 Å². The highest BCUT2D eigenvalue weighted by Gasteiger charge is 2.30. The molecule has 1 aliphatic carbocycles. The third-order valence-electron chi connectivity index (χ3n) is 2.77. The molecule has 0 amide bonds. The quantitative estimate of drug-likeness (QED) is 0.656. The first-order valence-electron chi connectivity index (χ1n) is 4.60. The van der Waals surface area contributed by atoms with Crippen molar-refractivity contribution < 1.29 is 8.78 Å². The monoisotopic (exact) mass is 240 g/mol. The van der Waals surface area contributed by atoms with Crippen LogP contribution in [0.5, 0.6) is 0 Å². The molecule has 0 radical (unpaired) electrons. The van der Waals surface area contributed by atoms with Gasteiger partial charge in [0.2, 0.25) is 6.43 Å². The number of hydrogen-bond donors (Lipinski definition) is 0. The average molecular weight is 241 g/mol. The maximum Gasteiger partial charge on any atom is 0.241 e. The van der Waals surface area contributed by atoms with Gasteiger partial charge in [0, 0.05) is 11.2 Å². The summed E-state index contributed by atoms with van der Waals surface area (Å²) >= 11 is 3.23. The van der Waals surface area contributed by atoms with Gasteiger partial charge in [0.25, 0.3) is 0 Å². The van der Waals surface area contributed by atoms with E-state index in [1.165, 1.54) is 0 Å². The molecule has 72 valence electrons. The maximum absolute atomic E-state index is 12.5. The van der Waals surface area contributed by atoms with E-state index >= 15 is 0 Å². The largest absolute Gasteiger partial charge is 0.241 e. The van der Waals surface area contributed by atoms with Crippen LogP contribution in [0.2, 0.25) is 0 Å². The molecule has 0 bridgehead atoms. The van der Waals surface area contributed by atoms with Crippen molar-refractivity contribution in [1.82, 2.24) is 0 Å². The van der Waals surface area contributed by atoms with Crippen LogP contribution in [0.15, 0.2) is 0 Å². The van der Waals surface area contributed by atoms with Crippen LogP contribution in [-0.4, -0.2) is 11.8 Å². The van der Waals surface area contributed by atoms with Gasteiger partial charge in [-0.25, -0.2) is 8.78 Å². The minimum atomic E-state index is -2.12. The van der Waals surface area contributed by atoms with Gasteiger partial charge in [0.05, 0.1) is 0 Å². The average Bonchev–Trinajstić information content (AvgIpc) is 2.51. The summed E-state index contributed by atoms with van der Waals surface area (Å²) in [4.78, 5) is 0. The zero-order valence-electron chi connectivity index (χ0n) is 7.11. The summed E-state index contributed by atoms with van der Waals surface area (Å²) < 4.78 is 25.0. The Kier molecular flexibility index (Phi) is 4.47. The second-order valence-corrected chi connectivity index (χ2v) is 4.31. The van der Waals surface area contributed by atoms with Crippen molar-refractivity contribution in [3.63, 3.8) is 0 Å². The summed E-state index contributed by atoms with van der Waals surface area (Å²) in [7, 11) is 0. The van der Waals surface area contributed by atoms with Gasteiger partial charge in [-0.1, -0.05) is 28.8 Å². The molecule has 12 heavy (non-hydrogen) atoms. The van der Waals surface area contributed by atoms with Crippen molar-refractivity contribution in [2.24, 2.45) is 11.8 Å². The van der Waals surface area contributed by atoms with E-state index in [4.69, 9.17) is 0 Å². The Labute approximate surface area is 80.9 Å². The van der Waals surface area contributed by atoms with Crippen molar-refractivity contribution in [2.75, 3.05) is 5.33 Å². The lowest BCUT2D eigenvalue weighted by Gasteiger charge is -2.21. The molecule has 1 unspecified atom stereocenters. The second-order valence-electron chi connectivity index (χ2n) is 3.52. The number of alkyl halides is 3. The van der Waals surface area contributed by atoms with Crippen molar-refractivity contribution >= 4 is 15.9 Å². The SMILES string of the molecule is FC(F)C(CCBr)C1CCCC1. The van der Waals surface area contributed by atoms with Crippen LogP contribution in [0.4, 0.5) is 8.78 Å². The summed E-state index contributed by atoms with van der Waals surface area (Å²) in [6.07, 6.45) is 2.84. The summed E-state index contributed by atoms with van der Waals surface area (Å²) in [6, 6.07) is 0. The van der Waals surface area contributed by atoms with Crippen LogP contribution in [0.3, 0.4) is 0 Å². The molecule has 0 aromatic rings. The van der Waals surface area contributed by atoms with Gasteiger partial charge >= 0.3 is 0 Å². The lowest BCUT2D eigenvalue weighted by molar-refractivity contribution is 0.0431. The first kappa shape index (κ1) is 10.4. The number of rotatable bonds is 4. The molecule has 3 heteroatoms. The minimum absolute atomic E-state index is 0.294. The Hall–Kier alpha value is 0.340. The molecule has 0 N–H and O–H groups in total. The molecular formula is C9H15BrF2. The topological polar surface area (TPSA) is 0 Å². The molecule has 0 saturated heterocycles. The molecule has 0 spiro atoms. The fraction of sp³-hybridized carbons (Fsp3) is 1.00. The standard InChI is InChI=1S/C9H15BrF2/c10-6-5-8(9(11)12)7-3-1-2-4-7/h7-9H,1-6H2. The van der Waals surface area contributed by atoms with Gasteiger partial charge in [-0.2, -0.15) is 0 Å². The fourth-order valence-corrected chi connectivity index (χ4v) is 2.61. The van der Waals surface area contributed by atoms with Crippen LogP contribution < -0.4 is 0 Å². The van der Waals surface area contributed by atoms with Crippen LogP contribution in [0.1, 0.15) is 32.1 Å². The lowest BCUT2D eigenvalue weighted by Crippen LogP contribution is -2.20. The van der Waals surface area contributed by atoms with Crippen molar-refractivity contribution in [2.45, 2.75) is 38.5 Å². The van der Waals surface area contributed by atoms with E-state index in [-0.39, 0.29) is 5.92 Å². The van der Waals surface area contributed by atoms with Gasteiger partial charge in [0.1, 0.15) is 0 Å². The molecule has 0 aromatic carbocycles. The van der Waals surface area contributed by atoms with Crippen LogP contribution in [0, 0.1) is 11.8 Å². The fourth-order valence-electron chi connectivity index (χ4n) is 2.08. The van der Waals surface area contributed by atoms with E-state index in [0.29, 0.717) is 17.7 Å². The molecule has 0 heterocycles. The summed E-state index contributed by atoms with van der Waals surface area (Å²) in [5.41, 5.74) is 0. The van der Waals surface area contributed by atoms with Crippen LogP contribution in [-0.2, 0) is 0 Å². The van der Waals surface area contributed by atoms with Gasteiger partial charge in [-0.3, -0.25) is 0 Å². The van der Waals surface area contributed by atoms with Crippen LogP contribution in [0.25, 0.3) is 0 Å². The minimum Gasteiger partial charge on any atom is -0.210 e. The zero-order chi connectivity index (χ0) is 8.97. The highest BCUT2D eigenvalue weighted by molar-refractivity contribution is 9.09. The van der Waals surface area contributed by atoms with Gasteiger partial charge in [-0.05, 0) is 25.2 Å². The highest BCUT2D eigenvalue weighted by atomic mass is 79.9. The first-order chi connectivity index (χ1) is 5.75. The Morgan fingerprint density at radius 3 is 2.25 bits per heavy atom. The zero-order valence-corrected chi connectivity index (χ0v) is 8.69. The molecule has 0 aliphatic heterocycles. The number of hydrogen-bond acceptors (Lipinski definition) is 0. The first-order valence-corrected chi connectivity index (χ1v) is 5.72. The third-order valence-corrected chi connectivity index (χ3v) is 3.23. The lowest BCUT2D eigenvalue weighted by atomic mass is 9.89. The van der Waals surface area contributed by atoms with Crippen molar-refractivity contribution in [3.05, 3.63) is 0 Å². The van der Waals surface area contributed by atoms with E-state index in [2.05, 4.69) is 15.9 Å². The van der Waals surface area contributed by atoms with E-state index in [1.54, 1.807) is 0 Å². The summed E-state index contributed by atoms with van der Waals surface area (Å²) in [6.45, 7) is 0. The third kappa shape index (κ3) is 2.68. The molecule has 1 atom stereocenters. The van der Waals surface area contributed by atoms with E-state index in [0.717, 1.165) is 25.7 Å². The van der Waals surface area contributed by atoms with E-state index in [9.17, 15) is 8.78 Å². The Balaban J connectivity index is 2.40. The van der Waals surface area contributed by atoms with Gasteiger partial charge < -0.3 is 0 Å². The van der Waals surface area contributed by atoms with Crippen LogP contribution >= 0.6 is 15.9 Å². The smallest absolute Gasteiger partial charge is 0.210 e. The molecule has 1 fully saturated rings. The summed E-state index contributed by atoms with van der Waals surface area (Å²) in [5.74, 6) is -0.0607. The van der Waals surface area contributed by atoms with Gasteiger partial charge in [-0.15, -0.1) is 0 Å². The Morgan fingerprint density at radius 1 is 1.25 bits per heavy atom. The van der Waals surface area contributed by atoms with Crippen molar-refractivity contribution in [3.8, 4) is 0 Å². The molecule has 0 nitrogen and oxygen atoms in total. The normalized spacial score (nSPS) is 22.0. The number of halogens is 3. The molecule has 1 saturated carbocycles. The predicted octanol–water partition coefficient (Wildman–Crippen LogP) is 3.84. The molecule has 1 aliphatic rings. The Bertz CT molecular complexity index is 122. The van der Waals surface area contributed by atoms with Gasteiger partial charge in [0.15, 0.2) is 0 Å². The maximum atomic E-state index is 12.5. The summed E-state index contributed by atoms with van der Waals surface area (Å²) in [5, 5.41) is 0.707. The second kappa shape index (κ2) is 5.15. The molecule has 0 aromatic heterocycles. The predicted molar refractivity (Wildman–Crippen MR) is 49.9 cm³/mol. The molecule has 1 rings (SSSR count). The Morgan fingerprint density at radius 2 is 1.83 bits per heavy atom. The van der Waals surface area contributed by atoms with Crippen molar-refractivity contribution in [1.29, 1.82) is 0 Å².